The molecule has 106 valence electrons. The zero-order chi connectivity index (χ0) is 13.8. The minimum Gasteiger partial charge on any atom is -0.496 e. The normalized spacial score (nSPS) is 20.8. The van der Waals surface area contributed by atoms with E-state index in [0.717, 1.165) is 31.9 Å². The van der Waals surface area contributed by atoms with Crippen molar-refractivity contribution in [3.05, 3.63) is 29.3 Å². The predicted octanol–water partition coefficient (Wildman–Crippen LogP) is 2.61. The lowest BCUT2D eigenvalue weighted by Gasteiger charge is -2.32. The van der Waals surface area contributed by atoms with E-state index >= 15 is 0 Å². The second kappa shape index (κ2) is 6.40. The van der Waals surface area contributed by atoms with E-state index < -0.39 is 0 Å². The molecule has 1 aromatic carbocycles. The number of hydrogen-bond acceptors (Lipinski definition) is 3. The summed E-state index contributed by atoms with van der Waals surface area (Å²) >= 11 is 0. The number of hydrogen-bond donors (Lipinski definition) is 1. The van der Waals surface area contributed by atoms with Crippen molar-refractivity contribution in [2.24, 2.45) is 0 Å². The summed E-state index contributed by atoms with van der Waals surface area (Å²) in [6.07, 6.45) is 0. The second-order valence-corrected chi connectivity index (χ2v) is 5.82. The van der Waals surface area contributed by atoms with E-state index in [4.69, 9.17) is 4.74 Å². The number of rotatable bonds is 4. The summed E-state index contributed by atoms with van der Waals surface area (Å²) in [4.78, 5) is 2.52. The summed E-state index contributed by atoms with van der Waals surface area (Å²) in [5.74, 6) is 1.50. The molecular weight excluding hydrogens is 236 g/mol. The van der Waals surface area contributed by atoms with E-state index in [2.05, 4.69) is 49.2 Å². The number of nitrogens with zero attached hydrogens (tertiary/aromatic N) is 1. The zero-order valence-corrected chi connectivity index (χ0v) is 12.6. The molecule has 2 rings (SSSR count). The van der Waals surface area contributed by atoms with Crippen LogP contribution in [0.1, 0.15) is 37.8 Å². The first-order chi connectivity index (χ1) is 9.10. The van der Waals surface area contributed by atoms with Gasteiger partial charge in [-0.25, -0.2) is 0 Å². The Balaban J connectivity index is 2.10. The van der Waals surface area contributed by atoms with E-state index in [9.17, 15) is 0 Å². The third-order valence-electron chi connectivity index (χ3n) is 3.78. The number of ether oxygens (including phenoxy) is 1. The molecule has 0 saturated carbocycles. The van der Waals surface area contributed by atoms with Gasteiger partial charge in [-0.3, -0.25) is 4.90 Å². The lowest BCUT2D eigenvalue weighted by molar-refractivity contribution is 0.199. The first-order valence-corrected chi connectivity index (χ1v) is 7.22. The van der Waals surface area contributed by atoms with Crippen molar-refractivity contribution in [1.82, 2.24) is 10.2 Å². The van der Waals surface area contributed by atoms with Crippen molar-refractivity contribution in [1.29, 1.82) is 0 Å². The topological polar surface area (TPSA) is 24.5 Å². The maximum atomic E-state index is 5.45. The van der Waals surface area contributed by atoms with Gasteiger partial charge in [0, 0.05) is 32.2 Å². The predicted molar refractivity (Wildman–Crippen MR) is 79.8 cm³/mol. The fourth-order valence-electron chi connectivity index (χ4n) is 2.75. The Labute approximate surface area is 116 Å². The van der Waals surface area contributed by atoms with Gasteiger partial charge in [0.1, 0.15) is 5.75 Å². The summed E-state index contributed by atoms with van der Waals surface area (Å²) in [7, 11) is 1.75. The Morgan fingerprint density at radius 3 is 2.84 bits per heavy atom. The van der Waals surface area contributed by atoms with Crippen molar-refractivity contribution in [3.8, 4) is 5.75 Å². The van der Waals surface area contributed by atoms with E-state index in [1.165, 1.54) is 11.1 Å². The highest BCUT2D eigenvalue weighted by Gasteiger charge is 2.16. The molecule has 0 aliphatic carbocycles. The summed E-state index contributed by atoms with van der Waals surface area (Å²) in [6, 6.07) is 7.20. The van der Waals surface area contributed by atoms with Gasteiger partial charge in [-0.15, -0.1) is 0 Å². The standard InChI is InChI=1S/C16H26N2O/c1-12(2)15-9-14(5-6-16(15)19-4)11-18-8-7-17-13(3)10-18/h5-6,9,12-13,17H,7-8,10-11H2,1-4H3. The molecule has 1 saturated heterocycles. The molecule has 1 unspecified atom stereocenters. The van der Waals surface area contributed by atoms with Crippen LogP contribution in [0.5, 0.6) is 5.75 Å². The Bertz CT molecular complexity index is 417. The summed E-state index contributed by atoms with van der Waals surface area (Å²) in [5, 5.41) is 3.48. The summed E-state index contributed by atoms with van der Waals surface area (Å²) in [5.41, 5.74) is 2.70. The van der Waals surface area contributed by atoms with Crippen LogP contribution in [0.4, 0.5) is 0 Å². The molecule has 3 heteroatoms. The minimum absolute atomic E-state index is 0.497. The van der Waals surface area contributed by atoms with Crippen LogP contribution in [0.15, 0.2) is 18.2 Å². The molecule has 1 atom stereocenters. The maximum absolute atomic E-state index is 5.45. The molecule has 19 heavy (non-hydrogen) atoms. The number of piperazine rings is 1. The molecule has 0 radical (unpaired) electrons. The van der Waals surface area contributed by atoms with Crippen molar-refractivity contribution >= 4 is 0 Å². The summed E-state index contributed by atoms with van der Waals surface area (Å²) in [6.45, 7) is 11.1. The number of nitrogens with one attached hydrogen (secondary N) is 1. The van der Waals surface area contributed by atoms with E-state index in [-0.39, 0.29) is 0 Å². The van der Waals surface area contributed by atoms with Crippen LogP contribution < -0.4 is 10.1 Å². The van der Waals surface area contributed by atoms with Crippen molar-refractivity contribution in [3.63, 3.8) is 0 Å². The smallest absolute Gasteiger partial charge is 0.122 e. The molecular formula is C16H26N2O. The third kappa shape index (κ3) is 3.71. The monoisotopic (exact) mass is 262 g/mol. The quantitative estimate of drug-likeness (QED) is 0.902. The lowest BCUT2D eigenvalue weighted by atomic mass is 9.99. The Hall–Kier alpha value is -1.06. The fourth-order valence-corrected chi connectivity index (χ4v) is 2.75. The molecule has 1 aliphatic heterocycles. The van der Waals surface area contributed by atoms with Crippen LogP contribution in [-0.4, -0.2) is 37.7 Å². The lowest BCUT2D eigenvalue weighted by Crippen LogP contribution is -2.48. The molecule has 1 fully saturated rings. The Kier molecular flexibility index (Phi) is 4.83. The fraction of sp³-hybridized carbons (Fsp3) is 0.625. The van der Waals surface area contributed by atoms with Gasteiger partial charge in [0.2, 0.25) is 0 Å². The van der Waals surface area contributed by atoms with Crippen molar-refractivity contribution < 1.29 is 4.74 Å². The molecule has 0 amide bonds. The molecule has 1 heterocycles. The molecule has 1 aliphatic rings. The van der Waals surface area contributed by atoms with E-state index in [0.29, 0.717) is 12.0 Å². The highest BCUT2D eigenvalue weighted by Crippen LogP contribution is 2.27. The van der Waals surface area contributed by atoms with Crippen LogP contribution >= 0.6 is 0 Å². The average molecular weight is 262 g/mol. The van der Waals surface area contributed by atoms with Crippen LogP contribution in [0.3, 0.4) is 0 Å². The number of benzene rings is 1. The van der Waals surface area contributed by atoms with Crippen LogP contribution in [0, 0.1) is 0 Å². The first kappa shape index (κ1) is 14.4. The highest BCUT2D eigenvalue weighted by molar-refractivity contribution is 5.39. The van der Waals surface area contributed by atoms with Crippen LogP contribution in [0.2, 0.25) is 0 Å². The van der Waals surface area contributed by atoms with Crippen molar-refractivity contribution in [2.45, 2.75) is 39.3 Å². The maximum Gasteiger partial charge on any atom is 0.122 e. The third-order valence-corrected chi connectivity index (χ3v) is 3.78. The molecule has 0 bridgehead atoms. The van der Waals surface area contributed by atoms with Crippen molar-refractivity contribution in [2.75, 3.05) is 26.7 Å². The van der Waals surface area contributed by atoms with Gasteiger partial charge in [0.05, 0.1) is 7.11 Å². The minimum atomic E-state index is 0.497. The molecule has 0 aromatic heterocycles. The van der Waals surface area contributed by atoms with Gasteiger partial charge in [-0.2, -0.15) is 0 Å². The van der Waals surface area contributed by atoms with Gasteiger partial charge < -0.3 is 10.1 Å². The molecule has 1 aromatic rings. The van der Waals surface area contributed by atoms with Gasteiger partial charge in [-0.05, 0) is 30.0 Å². The Morgan fingerprint density at radius 1 is 1.42 bits per heavy atom. The van der Waals surface area contributed by atoms with E-state index in [1.807, 2.05) is 0 Å². The van der Waals surface area contributed by atoms with Crippen LogP contribution in [-0.2, 0) is 6.54 Å². The SMILES string of the molecule is COc1ccc(CN2CCNC(C)C2)cc1C(C)C. The largest absolute Gasteiger partial charge is 0.496 e. The van der Waals surface area contributed by atoms with Crippen LogP contribution in [0.25, 0.3) is 0 Å². The summed E-state index contributed by atoms with van der Waals surface area (Å²) < 4.78 is 5.45. The van der Waals surface area contributed by atoms with E-state index in [1.54, 1.807) is 7.11 Å². The van der Waals surface area contributed by atoms with Gasteiger partial charge >= 0.3 is 0 Å². The molecule has 3 nitrogen and oxygen atoms in total. The van der Waals surface area contributed by atoms with Gasteiger partial charge in [0.25, 0.3) is 0 Å². The zero-order valence-electron chi connectivity index (χ0n) is 12.6. The highest BCUT2D eigenvalue weighted by atomic mass is 16.5. The second-order valence-electron chi connectivity index (χ2n) is 5.82. The average Bonchev–Trinajstić information content (AvgIpc) is 2.38. The van der Waals surface area contributed by atoms with Gasteiger partial charge in [0.15, 0.2) is 0 Å². The molecule has 1 N–H and O–H groups in total. The number of methoxy groups -OCH3 is 1. The molecule has 0 spiro atoms. The Morgan fingerprint density at radius 2 is 2.21 bits per heavy atom. The first-order valence-electron chi connectivity index (χ1n) is 7.22. The van der Waals surface area contributed by atoms with Gasteiger partial charge in [-0.1, -0.05) is 26.0 Å².